The monoisotopic (exact) mass is 127 g/mol. The Bertz CT molecular complexity index is 131. The third-order valence-electron chi connectivity index (χ3n) is 0.969. The molecule has 0 saturated carbocycles. The zero-order valence-corrected chi connectivity index (χ0v) is 5.47. The molecule has 3 nitrogen and oxygen atoms in total. The predicted octanol–water partition coefficient (Wildman–Crippen LogP) is -0.209. The lowest BCUT2D eigenvalue weighted by Crippen LogP contribution is -2.35. The van der Waals surface area contributed by atoms with Gasteiger partial charge in [0, 0.05) is 0 Å². The molecule has 0 aromatic heterocycles. The van der Waals surface area contributed by atoms with Crippen LogP contribution in [0.25, 0.3) is 0 Å². The van der Waals surface area contributed by atoms with Gasteiger partial charge in [0.2, 0.25) is 5.91 Å². The highest BCUT2D eigenvalue weighted by Crippen LogP contribution is 1.81. The number of hydrogen-bond donors (Lipinski definition) is 1. The van der Waals surface area contributed by atoms with Crippen LogP contribution in [0.2, 0.25) is 0 Å². The minimum absolute atomic E-state index is 0.103. The largest absolute Gasteiger partial charge is 0.346 e. The van der Waals surface area contributed by atoms with E-state index in [1.54, 1.807) is 6.92 Å². The molecule has 50 valence electrons. The molecule has 1 N–H and O–H groups in total. The first-order valence-electron chi connectivity index (χ1n) is 2.60. The molecule has 0 aliphatic heterocycles. The van der Waals surface area contributed by atoms with Crippen LogP contribution in [0.1, 0.15) is 13.8 Å². The highest BCUT2D eigenvalue weighted by molar-refractivity contribution is 5.88. The molecule has 0 aliphatic carbocycles. The minimum Gasteiger partial charge on any atom is -0.346 e. The molecule has 3 heteroatoms. The number of rotatable bonds is 2. The van der Waals surface area contributed by atoms with Gasteiger partial charge in [-0.05, 0) is 13.8 Å². The predicted molar refractivity (Wildman–Crippen MR) is 32.6 cm³/mol. The van der Waals surface area contributed by atoms with Gasteiger partial charge < -0.3 is 5.32 Å². The molecule has 0 heterocycles. The molecule has 0 aliphatic rings. The number of nitrogens with one attached hydrogen (secondary N) is 1. The Morgan fingerprint density at radius 1 is 1.56 bits per heavy atom. The Morgan fingerprint density at radius 2 is 2.00 bits per heavy atom. The zero-order valence-electron chi connectivity index (χ0n) is 5.47. The summed E-state index contributed by atoms with van der Waals surface area (Å²) in [4.78, 5) is 20.5. The van der Waals surface area contributed by atoms with Crippen molar-refractivity contribution in [2.45, 2.75) is 19.9 Å². The van der Waals surface area contributed by atoms with E-state index in [1.165, 1.54) is 6.92 Å². The summed E-state index contributed by atoms with van der Waals surface area (Å²) in [6.07, 6.45) is 0. The molecule has 0 rings (SSSR count). The molecular weight excluding hydrogens is 118 g/mol. The number of carbonyl (C=O) groups excluding carboxylic acids is 2. The summed E-state index contributed by atoms with van der Waals surface area (Å²) in [6.45, 7) is 7.69. The summed E-state index contributed by atoms with van der Waals surface area (Å²) in [5.41, 5.74) is 0. The number of amides is 1. The van der Waals surface area contributed by atoms with Crippen LogP contribution in [0.3, 0.4) is 0 Å². The molecular formula is C6H9NO2. The highest BCUT2D eigenvalue weighted by atomic mass is 16.2. The molecule has 0 aromatic rings. The molecule has 0 bridgehead atoms. The fraction of sp³-hybridized carbons (Fsp3) is 0.500. The zero-order chi connectivity index (χ0) is 7.44. The summed E-state index contributed by atoms with van der Waals surface area (Å²) in [5, 5.41) is 2.23. The second kappa shape index (κ2) is 3.22. The normalized spacial score (nSPS) is 12.3. The molecule has 1 amide bonds. The summed E-state index contributed by atoms with van der Waals surface area (Å²) in [6, 6.07) is -0.470. The van der Waals surface area contributed by atoms with Crippen LogP contribution in [-0.4, -0.2) is 17.7 Å². The first-order chi connectivity index (χ1) is 4.04. The molecule has 0 saturated heterocycles. The van der Waals surface area contributed by atoms with Crippen LogP contribution >= 0.6 is 0 Å². The van der Waals surface area contributed by atoms with Gasteiger partial charge in [0.15, 0.2) is 5.78 Å². The van der Waals surface area contributed by atoms with E-state index in [9.17, 15) is 9.59 Å². The van der Waals surface area contributed by atoms with E-state index in [0.29, 0.717) is 0 Å². The maximum atomic E-state index is 10.4. The van der Waals surface area contributed by atoms with E-state index < -0.39 is 11.9 Å². The average Bonchev–Trinajstić information content (AvgIpc) is 1.63. The summed E-state index contributed by atoms with van der Waals surface area (Å²) < 4.78 is 0. The SMILES string of the molecule is [CH]C(=O)NC(C)C(C)=O. The second-order valence-corrected chi connectivity index (χ2v) is 1.84. The first-order valence-corrected chi connectivity index (χ1v) is 2.60. The fourth-order valence-corrected chi connectivity index (χ4v) is 0.315. The molecule has 0 fully saturated rings. The molecule has 9 heavy (non-hydrogen) atoms. The molecule has 0 spiro atoms. The standard InChI is InChI=1S/C6H9NO2/c1-4(5(2)8)7-6(3)9/h3-4H,1-2H3,(H,7,9). The van der Waals surface area contributed by atoms with Crippen molar-refractivity contribution in [2.75, 3.05) is 0 Å². The van der Waals surface area contributed by atoms with E-state index in [2.05, 4.69) is 5.32 Å². The molecule has 1 atom stereocenters. The van der Waals surface area contributed by atoms with Gasteiger partial charge in [-0.3, -0.25) is 9.59 Å². The second-order valence-electron chi connectivity index (χ2n) is 1.84. The van der Waals surface area contributed by atoms with Gasteiger partial charge in [-0.15, -0.1) is 0 Å². The van der Waals surface area contributed by atoms with E-state index in [-0.39, 0.29) is 5.78 Å². The topological polar surface area (TPSA) is 46.2 Å². The number of hydrogen-bond acceptors (Lipinski definition) is 2. The maximum absolute atomic E-state index is 10.4. The van der Waals surface area contributed by atoms with Crippen molar-refractivity contribution >= 4 is 11.7 Å². The molecule has 1 unspecified atom stereocenters. The van der Waals surface area contributed by atoms with Crippen molar-refractivity contribution in [2.24, 2.45) is 0 Å². The number of carbonyl (C=O) groups is 2. The van der Waals surface area contributed by atoms with Gasteiger partial charge in [-0.2, -0.15) is 0 Å². The smallest absolute Gasteiger partial charge is 0.225 e. The van der Waals surface area contributed by atoms with E-state index >= 15 is 0 Å². The quantitative estimate of drug-likeness (QED) is 0.558. The maximum Gasteiger partial charge on any atom is 0.225 e. The van der Waals surface area contributed by atoms with Crippen LogP contribution in [-0.2, 0) is 9.59 Å². The van der Waals surface area contributed by atoms with Gasteiger partial charge in [0.05, 0.1) is 13.0 Å². The van der Waals surface area contributed by atoms with E-state index in [1.807, 2.05) is 0 Å². The van der Waals surface area contributed by atoms with Crippen molar-refractivity contribution in [1.29, 1.82) is 0 Å². The third-order valence-corrected chi connectivity index (χ3v) is 0.969. The first kappa shape index (κ1) is 8.14. The number of ketones is 1. The summed E-state index contributed by atoms with van der Waals surface area (Å²) >= 11 is 0. The lowest BCUT2D eigenvalue weighted by atomic mass is 10.2. The minimum atomic E-state index is -0.669. The third kappa shape index (κ3) is 3.70. The van der Waals surface area contributed by atoms with Crippen molar-refractivity contribution in [3.63, 3.8) is 0 Å². The van der Waals surface area contributed by atoms with Crippen LogP contribution in [0, 0.1) is 6.92 Å². The fourth-order valence-electron chi connectivity index (χ4n) is 0.315. The van der Waals surface area contributed by atoms with Crippen LogP contribution in [0.5, 0.6) is 0 Å². The Kier molecular flexibility index (Phi) is 2.91. The van der Waals surface area contributed by atoms with Gasteiger partial charge in [0.25, 0.3) is 0 Å². The van der Waals surface area contributed by atoms with Gasteiger partial charge in [-0.1, -0.05) is 0 Å². The van der Waals surface area contributed by atoms with Crippen molar-refractivity contribution in [1.82, 2.24) is 5.32 Å². The highest BCUT2D eigenvalue weighted by Gasteiger charge is 2.06. The van der Waals surface area contributed by atoms with Crippen LogP contribution < -0.4 is 5.32 Å². The van der Waals surface area contributed by atoms with Crippen molar-refractivity contribution in [3.05, 3.63) is 6.92 Å². The van der Waals surface area contributed by atoms with Crippen LogP contribution in [0.15, 0.2) is 0 Å². The van der Waals surface area contributed by atoms with Crippen molar-refractivity contribution < 1.29 is 9.59 Å². The number of Topliss-reactive ketones (excluding diaryl/α,β-unsaturated/α-hetero) is 1. The van der Waals surface area contributed by atoms with E-state index in [4.69, 9.17) is 6.92 Å². The van der Waals surface area contributed by atoms with Gasteiger partial charge >= 0.3 is 0 Å². The van der Waals surface area contributed by atoms with Crippen LogP contribution in [0.4, 0.5) is 0 Å². The van der Waals surface area contributed by atoms with Crippen molar-refractivity contribution in [3.8, 4) is 0 Å². The average molecular weight is 127 g/mol. The molecule has 2 radical (unpaired) electrons. The van der Waals surface area contributed by atoms with Gasteiger partial charge in [-0.25, -0.2) is 0 Å². The Hall–Kier alpha value is -0.860. The summed E-state index contributed by atoms with van der Waals surface area (Å²) in [5.74, 6) is -0.772. The lowest BCUT2D eigenvalue weighted by molar-refractivity contribution is -0.124. The summed E-state index contributed by atoms with van der Waals surface area (Å²) in [7, 11) is 0. The Morgan fingerprint density at radius 3 is 2.11 bits per heavy atom. The van der Waals surface area contributed by atoms with E-state index in [0.717, 1.165) is 0 Å². The Balaban J connectivity index is 3.63. The lowest BCUT2D eigenvalue weighted by Gasteiger charge is -2.05. The van der Waals surface area contributed by atoms with Gasteiger partial charge in [0.1, 0.15) is 0 Å². The molecule has 0 aromatic carbocycles. The Labute approximate surface area is 54.4 Å².